The molecule has 3 rings (SSSR count). The molecule has 2 N–H and O–H groups in total. The van der Waals surface area contributed by atoms with Crippen molar-refractivity contribution in [2.24, 2.45) is 7.05 Å². The lowest BCUT2D eigenvalue weighted by atomic mass is 9.86. The Kier molecular flexibility index (Phi) is 4.52. The van der Waals surface area contributed by atoms with Crippen LogP contribution in [-0.2, 0) is 11.8 Å². The Labute approximate surface area is 146 Å². The van der Waals surface area contributed by atoms with Crippen LogP contribution in [0.3, 0.4) is 0 Å². The van der Waals surface area contributed by atoms with Crippen LogP contribution in [0.1, 0.15) is 29.2 Å². The maximum atomic E-state index is 12.5. The molecule has 0 aromatic carbocycles. The molecule has 1 aliphatic rings. The highest BCUT2D eigenvalue weighted by atomic mass is 16.3. The maximum Gasteiger partial charge on any atom is 0.289 e. The Balaban J connectivity index is 1.73. The largest absolute Gasteiger partial charge is 0.456 e. The highest BCUT2D eigenvalue weighted by molar-refractivity contribution is 5.93. The molecule has 0 bridgehead atoms. The first kappa shape index (κ1) is 17.1. The Bertz CT molecular complexity index is 771. The second-order valence-corrected chi connectivity index (χ2v) is 6.36. The molecule has 3 heterocycles. The molecule has 0 atom stereocenters. The molecular weight excluding hydrogens is 322 g/mol. The molecule has 134 valence electrons. The Morgan fingerprint density at radius 1 is 1.24 bits per heavy atom. The predicted octanol–water partition coefficient (Wildman–Crippen LogP) is 1.15. The molecule has 1 saturated heterocycles. The number of piperidine rings is 1. The molecule has 25 heavy (non-hydrogen) atoms. The van der Waals surface area contributed by atoms with E-state index in [2.05, 4.69) is 15.7 Å². The van der Waals surface area contributed by atoms with E-state index in [0.717, 1.165) is 0 Å². The summed E-state index contributed by atoms with van der Waals surface area (Å²) in [6.45, 7) is 2.73. The molecule has 0 saturated carbocycles. The number of carbonyl (C=O) groups is 2. The number of amides is 2. The van der Waals surface area contributed by atoms with Gasteiger partial charge >= 0.3 is 0 Å². The van der Waals surface area contributed by atoms with Crippen molar-refractivity contribution in [2.75, 3.05) is 25.5 Å². The van der Waals surface area contributed by atoms with Gasteiger partial charge in [0.15, 0.2) is 5.76 Å². The van der Waals surface area contributed by atoms with Crippen molar-refractivity contribution in [1.29, 1.82) is 0 Å². The third kappa shape index (κ3) is 3.38. The molecule has 2 aromatic rings. The standard InChI is InChI=1S/C17H23N5O3/c1-12-4-5-13(25-12)15(23)22-10-7-17(8-11-22,16(24)18-2)19-14-6-9-21(3)20-14/h4-6,9H,7-8,10-11H2,1-3H3,(H,18,24)(H,19,20). The van der Waals surface area contributed by atoms with Crippen molar-refractivity contribution in [1.82, 2.24) is 20.0 Å². The van der Waals surface area contributed by atoms with Crippen LogP contribution in [0.2, 0.25) is 0 Å². The number of furan rings is 1. The number of likely N-dealkylation sites (N-methyl/N-ethyl adjacent to an activating group) is 1. The smallest absolute Gasteiger partial charge is 0.289 e. The molecule has 2 amide bonds. The minimum atomic E-state index is -0.779. The fourth-order valence-electron chi connectivity index (χ4n) is 3.17. The lowest BCUT2D eigenvalue weighted by Crippen LogP contribution is -2.58. The molecule has 2 aromatic heterocycles. The van der Waals surface area contributed by atoms with Crippen LogP contribution in [0.25, 0.3) is 0 Å². The van der Waals surface area contributed by atoms with Gasteiger partial charge in [-0.05, 0) is 31.9 Å². The van der Waals surface area contributed by atoms with Gasteiger partial charge in [0, 0.05) is 39.4 Å². The Morgan fingerprint density at radius 3 is 2.48 bits per heavy atom. The molecule has 0 spiro atoms. The van der Waals surface area contributed by atoms with Gasteiger partial charge in [0.2, 0.25) is 5.91 Å². The number of hydrogen-bond acceptors (Lipinski definition) is 5. The number of aromatic nitrogens is 2. The minimum Gasteiger partial charge on any atom is -0.456 e. The molecule has 0 aliphatic carbocycles. The summed E-state index contributed by atoms with van der Waals surface area (Å²) in [4.78, 5) is 26.8. The highest BCUT2D eigenvalue weighted by Crippen LogP contribution is 2.28. The number of likely N-dealkylation sites (tertiary alicyclic amines) is 1. The zero-order chi connectivity index (χ0) is 18.0. The van der Waals surface area contributed by atoms with Crippen molar-refractivity contribution in [3.8, 4) is 0 Å². The quantitative estimate of drug-likeness (QED) is 0.867. The number of rotatable bonds is 4. The van der Waals surface area contributed by atoms with Gasteiger partial charge in [0.05, 0.1) is 0 Å². The van der Waals surface area contributed by atoms with E-state index in [9.17, 15) is 9.59 Å². The second-order valence-electron chi connectivity index (χ2n) is 6.36. The van der Waals surface area contributed by atoms with Gasteiger partial charge in [0.1, 0.15) is 17.1 Å². The number of carbonyl (C=O) groups excluding carboxylic acids is 2. The molecule has 1 fully saturated rings. The highest BCUT2D eigenvalue weighted by Gasteiger charge is 2.42. The number of hydrogen-bond donors (Lipinski definition) is 2. The van der Waals surface area contributed by atoms with Crippen LogP contribution in [0.15, 0.2) is 28.8 Å². The van der Waals surface area contributed by atoms with Gasteiger partial charge in [-0.15, -0.1) is 0 Å². The van der Waals surface area contributed by atoms with Crippen LogP contribution >= 0.6 is 0 Å². The number of nitrogens with one attached hydrogen (secondary N) is 2. The average molecular weight is 345 g/mol. The lowest BCUT2D eigenvalue weighted by Gasteiger charge is -2.40. The Hall–Kier alpha value is -2.77. The normalized spacial score (nSPS) is 16.5. The Morgan fingerprint density at radius 2 is 1.96 bits per heavy atom. The third-order valence-electron chi connectivity index (χ3n) is 4.60. The zero-order valence-corrected chi connectivity index (χ0v) is 14.7. The average Bonchev–Trinajstić information content (AvgIpc) is 3.22. The van der Waals surface area contributed by atoms with Crippen molar-refractivity contribution < 1.29 is 14.0 Å². The van der Waals surface area contributed by atoms with Gasteiger partial charge in [-0.25, -0.2) is 0 Å². The van der Waals surface area contributed by atoms with E-state index >= 15 is 0 Å². The first-order chi connectivity index (χ1) is 11.9. The summed E-state index contributed by atoms with van der Waals surface area (Å²) in [5.41, 5.74) is -0.779. The molecule has 0 unspecified atom stereocenters. The number of nitrogens with zero attached hydrogens (tertiary/aromatic N) is 3. The van der Waals surface area contributed by atoms with Gasteiger partial charge in [-0.3, -0.25) is 14.3 Å². The summed E-state index contributed by atoms with van der Waals surface area (Å²) in [7, 11) is 3.44. The summed E-state index contributed by atoms with van der Waals surface area (Å²) in [6.07, 6.45) is 2.81. The van der Waals surface area contributed by atoms with E-state index in [1.807, 2.05) is 19.3 Å². The van der Waals surface area contributed by atoms with Crippen molar-refractivity contribution >= 4 is 17.6 Å². The fraction of sp³-hybridized carbons (Fsp3) is 0.471. The van der Waals surface area contributed by atoms with E-state index in [0.29, 0.717) is 43.3 Å². The summed E-state index contributed by atoms with van der Waals surface area (Å²) >= 11 is 0. The van der Waals surface area contributed by atoms with E-state index in [1.54, 1.807) is 35.7 Å². The lowest BCUT2D eigenvalue weighted by molar-refractivity contribution is -0.126. The monoisotopic (exact) mass is 345 g/mol. The van der Waals surface area contributed by atoms with Gasteiger partial charge in [-0.2, -0.15) is 5.10 Å². The number of aryl methyl sites for hydroxylation is 2. The van der Waals surface area contributed by atoms with Gasteiger partial charge in [0.25, 0.3) is 5.91 Å². The van der Waals surface area contributed by atoms with Crippen LogP contribution in [-0.4, -0.2) is 52.2 Å². The predicted molar refractivity (Wildman–Crippen MR) is 92.2 cm³/mol. The van der Waals surface area contributed by atoms with E-state index in [4.69, 9.17) is 4.42 Å². The van der Waals surface area contributed by atoms with Gasteiger partial charge < -0.3 is 20.0 Å². The first-order valence-corrected chi connectivity index (χ1v) is 8.29. The number of anilines is 1. The van der Waals surface area contributed by atoms with E-state index in [1.165, 1.54) is 0 Å². The van der Waals surface area contributed by atoms with Crippen LogP contribution in [0.5, 0.6) is 0 Å². The molecule has 0 radical (unpaired) electrons. The molecule has 1 aliphatic heterocycles. The summed E-state index contributed by atoms with van der Waals surface area (Å²) in [5, 5.41) is 10.3. The van der Waals surface area contributed by atoms with E-state index < -0.39 is 5.54 Å². The summed E-state index contributed by atoms with van der Waals surface area (Å²) in [6, 6.07) is 5.28. The van der Waals surface area contributed by atoms with Crippen molar-refractivity contribution in [2.45, 2.75) is 25.3 Å². The SMILES string of the molecule is CNC(=O)C1(Nc2ccn(C)n2)CCN(C(=O)c2ccc(C)o2)CC1. The zero-order valence-electron chi connectivity index (χ0n) is 14.7. The fourth-order valence-corrected chi connectivity index (χ4v) is 3.17. The second kappa shape index (κ2) is 6.62. The molecule has 8 heteroatoms. The molecule has 8 nitrogen and oxygen atoms in total. The van der Waals surface area contributed by atoms with Crippen molar-refractivity contribution in [3.63, 3.8) is 0 Å². The van der Waals surface area contributed by atoms with Crippen LogP contribution in [0.4, 0.5) is 5.82 Å². The first-order valence-electron chi connectivity index (χ1n) is 8.29. The summed E-state index contributed by atoms with van der Waals surface area (Å²) in [5.74, 6) is 1.45. The van der Waals surface area contributed by atoms with Crippen LogP contribution in [0, 0.1) is 6.92 Å². The minimum absolute atomic E-state index is 0.0981. The van der Waals surface area contributed by atoms with E-state index in [-0.39, 0.29) is 11.8 Å². The summed E-state index contributed by atoms with van der Waals surface area (Å²) < 4.78 is 7.10. The topological polar surface area (TPSA) is 92.4 Å². The maximum absolute atomic E-state index is 12.5. The third-order valence-corrected chi connectivity index (χ3v) is 4.60. The van der Waals surface area contributed by atoms with Crippen LogP contribution < -0.4 is 10.6 Å². The van der Waals surface area contributed by atoms with Crippen molar-refractivity contribution in [3.05, 3.63) is 35.9 Å². The van der Waals surface area contributed by atoms with Gasteiger partial charge in [-0.1, -0.05) is 0 Å². The molecular formula is C17H23N5O3.